The minimum atomic E-state index is -1.20. The molecular weight excluding hydrogens is 401 g/mol. The van der Waals surface area contributed by atoms with Crippen molar-refractivity contribution in [2.75, 3.05) is 26.3 Å². The van der Waals surface area contributed by atoms with E-state index in [2.05, 4.69) is 0 Å². The van der Waals surface area contributed by atoms with Crippen LogP contribution >= 0.6 is 0 Å². The Bertz CT molecular complexity index is 917. The average Bonchev–Trinajstić information content (AvgIpc) is 2.79. The molecule has 6 nitrogen and oxygen atoms in total. The van der Waals surface area contributed by atoms with Gasteiger partial charge >= 0.3 is 11.9 Å². The van der Waals surface area contributed by atoms with E-state index in [1.165, 1.54) is 24.3 Å². The average molecular weight is 425 g/mol. The lowest BCUT2D eigenvalue weighted by Crippen LogP contribution is -2.69. The zero-order valence-electron chi connectivity index (χ0n) is 17.3. The largest absolute Gasteiger partial charge is 0.459 e. The Morgan fingerprint density at radius 3 is 1.90 bits per heavy atom. The highest BCUT2D eigenvalue weighted by Gasteiger charge is 2.55. The second-order valence-electron chi connectivity index (χ2n) is 8.18. The van der Waals surface area contributed by atoms with E-state index in [1.54, 1.807) is 12.1 Å². The van der Waals surface area contributed by atoms with Gasteiger partial charge in [0.1, 0.15) is 24.6 Å². The predicted octanol–water partition coefficient (Wildman–Crippen LogP) is 3.18. The molecule has 0 amide bonds. The molecule has 2 aromatic rings. The molecule has 1 atom stereocenters. The highest BCUT2D eigenvalue weighted by Crippen LogP contribution is 2.37. The SMILES string of the molecule is Cc1ccc(C(=O)OCC2(COC(=O)c3ccc(F)cc3)C(=O)C3CCN2CC3)cc1. The fourth-order valence-electron chi connectivity index (χ4n) is 4.28. The van der Waals surface area contributed by atoms with Gasteiger partial charge in [0, 0.05) is 19.0 Å². The number of ketones is 1. The Labute approximate surface area is 179 Å². The fraction of sp³-hybridized carbons (Fsp3) is 0.375. The molecule has 2 bridgehead atoms. The summed E-state index contributed by atoms with van der Waals surface area (Å²) in [5.41, 5.74) is 0.410. The molecule has 3 aliphatic heterocycles. The molecule has 0 aromatic heterocycles. The maximum atomic E-state index is 13.2. The van der Waals surface area contributed by atoms with E-state index in [4.69, 9.17) is 9.47 Å². The van der Waals surface area contributed by atoms with E-state index in [-0.39, 0.29) is 30.5 Å². The molecule has 3 aliphatic rings. The first-order valence-corrected chi connectivity index (χ1v) is 10.3. The Hall–Kier alpha value is -3.06. The Morgan fingerprint density at radius 2 is 1.42 bits per heavy atom. The van der Waals surface area contributed by atoms with Gasteiger partial charge in [-0.3, -0.25) is 9.69 Å². The first-order chi connectivity index (χ1) is 14.9. The van der Waals surface area contributed by atoms with E-state index >= 15 is 0 Å². The minimum Gasteiger partial charge on any atom is -0.459 e. The molecule has 1 unspecified atom stereocenters. The quantitative estimate of drug-likeness (QED) is 0.662. The van der Waals surface area contributed by atoms with Crippen molar-refractivity contribution >= 4 is 17.7 Å². The number of fused-ring (bicyclic) bond motifs is 3. The van der Waals surface area contributed by atoms with Crippen LogP contribution in [0.2, 0.25) is 0 Å². The van der Waals surface area contributed by atoms with Crippen molar-refractivity contribution in [3.63, 3.8) is 0 Å². The van der Waals surface area contributed by atoms with Crippen LogP contribution in [-0.4, -0.2) is 54.5 Å². The summed E-state index contributed by atoms with van der Waals surface area (Å²) in [6.45, 7) is 2.86. The van der Waals surface area contributed by atoms with Crippen molar-refractivity contribution < 1.29 is 28.2 Å². The number of piperidine rings is 3. The molecule has 3 fully saturated rings. The normalized spacial score (nSPS) is 24.6. The van der Waals surface area contributed by atoms with Crippen LogP contribution in [0.3, 0.4) is 0 Å². The topological polar surface area (TPSA) is 72.9 Å². The molecule has 2 aromatic carbocycles. The molecule has 7 heteroatoms. The number of carbonyl (C=O) groups is 3. The number of nitrogens with zero attached hydrogens (tertiary/aromatic N) is 1. The number of Topliss-reactive ketones (excluding diaryl/α,β-unsaturated/α-hetero) is 1. The third-order valence-electron chi connectivity index (χ3n) is 6.18. The molecule has 0 saturated carbocycles. The van der Waals surface area contributed by atoms with Crippen LogP contribution in [0.5, 0.6) is 0 Å². The number of rotatable bonds is 6. The molecule has 3 heterocycles. The molecule has 3 saturated heterocycles. The number of benzene rings is 2. The van der Waals surface area contributed by atoms with E-state index in [0.29, 0.717) is 18.7 Å². The molecule has 5 rings (SSSR count). The highest BCUT2D eigenvalue weighted by molar-refractivity contribution is 5.95. The smallest absolute Gasteiger partial charge is 0.338 e. The van der Waals surface area contributed by atoms with Crippen LogP contribution < -0.4 is 0 Å². The highest BCUT2D eigenvalue weighted by atomic mass is 19.1. The number of ether oxygens (including phenoxy) is 2. The van der Waals surface area contributed by atoms with Crippen molar-refractivity contribution in [2.24, 2.45) is 5.92 Å². The summed E-state index contributed by atoms with van der Waals surface area (Å²) in [7, 11) is 0. The standard InChI is InChI=1S/C24H24FNO5/c1-16-2-4-18(5-3-16)22(28)30-14-24(21(27)17-10-12-26(24)13-11-17)15-31-23(29)19-6-8-20(25)9-7-19/h2-9,17H,10-15H2,1H3. The number of esters is 2. The molecular formula is C24H24FNO5. The summed E-state index contributed by atoms with van der Waals surface area (Å²) < 4.78 is 24.1. The number of hydrogen-bond acceptors (Lipinski definition) is 6. The van der Waals surface area contributed by atoms with Crippen molar-refractivity contribution in [3.05, 3.63) is 71.0 Å². The summed E-state index contributed by atoms with van der Waals surface area (Å²) in [5, 5.41) is 0. The predicted molar refractivity (Wildman–Crippen MR) is 110 cm³/mol. The van der Waals surface area contributed by atoms with Crippen LogP contribution in [0.25, 0.3) is 0 Å². The van der Waals surface area contributed by atoms with Crippen molar-refractivity contribution in [2.45, 2.75) is 25.3 Å². The summed E-state index contributed by atoms with van der Waals surface area (Å²) in [4.78, 5) is 40.2. The maximum Gasteiger partial charge on any atom is 0.338 e. The minimum absolute atomic E-state index is 0.0615. The van der Waals surface area contributed by atoms with Crippen molar-refractivity contribution in [1.82, 2.24) is 4.90 Å². The molecule has 0 spiro atoms. The Morgan fingerprint density at radius 1 is 0.935 bits per heavy atom. The van der Waals surface area contributed by atoms with Crippen molar-refractivity contribution in [1.29, 1.82) is 0 Å². The molecule has 162 valence electrons. The lowest BCUT2D eigenvalue weighted by atomic mass is 9.74. The molecule has 0 N–H and O–H groups in total. The monoisotopic (exact) mass is 425 g/mol. The van der Waals surface area contributed by atoms with Crippen LogP contribution in [0, 0.1) is 18.7 Å². The molecule has 0 aliphatic carbocycles. The van der Waals surface area contributed by atoms with E-state index in [1.807, 2.05) is 24.0 Å². The van der Waals surface area contributed by atoms with E-state index in [0.717, 1.165) is 18.4 Å². The third kappa shape index (κ3) is 4.23. The van der Waals surface area contributed by atoms with Gasteiger partial charge in [-0.1, -0.05) is 17.7 Å². The number of halogens is 1. The van der Waals surface area contributed by atoms with Gasteiger partial charge in [0.15, 0.2) is 5.78 Å². The summed E-state index contributed by atoms with van der Waals surface area (Å²) in [6.07, 6.45) is 1.50. The second kappa shape index (κ2) is 8.59. The van der Waals surface area contributed by atoms with Crippen LogP contribution in [-0.2, 0) is 14.3 Å². The van der Waals surface area contributed by atoms with Gasteiger partial charge in [0.05, 0.1) is 11.1 Å². The molecule has 31 heavy (non-hydrogen) atoms. The third-order valence-corrected chi connectivity index (χ3v) is 6.18. The number of aryl methyl sites for hydroxylation is 1. The van der Waals surface area contributed by atoms with Gasteiger partial charge in [-0.15, -0.1) is 0 Å². The first-order valence-electron chi connectivity index (χ1n) is 10.3. The van der Waals surface area contributed by atoms with Gasteiger partial charge in [0.25, 0.3) is 0 Å². The van der Waals surface area contributed by atoms with Crippen LogP contribution in [0.1, 0.15) is 39.1 Å². The van der Waals surface area contributed by atoms with Crippen LogP contribution in [0.15, 0.2) is 48.5 Å². The van der Waals surface area contributed by atoms with Gasteiger partial charge in [-0.05, 0) is 56.2 Å². The van der Waals surface area contributed by atoms with E-state index < -0.39 is 23.3 Å². The molecule has 0 radical (unpaired) electrons. The Balaban J connectivity index is 1.50. The number of carbonyl (C=O) groups excluding carboxylic acids is 3. The van der Waals surface area contributed by atoms with Crippen LogP contribution in [0.4, 0.5) is 4.39 Å². The maximum absolute atomic E-state index is 13.2. The lowest BCUT2D eigenvalue weighted by Gasteiger charge is -2.51. The van der Waals surface area contributed by atoms with Gasteiger partial charge in [-0.25, -0.2) is 14.0 Å². The zero-order valence-corrected chi connectivity index (χ0v) is 17.3. The second-order valence-corrected chi connectivity index (χ2v) is 8.18. The van der Waals surface area contributed by atoms with E-state index in [9.17, 15) is 18.8 Å². The summed E-state index contributed by atoms with van der Waals surface area (Å²) in [6, 6.07) is 12.0. The summed E-state index contributed by atoms with van der Waals surface area (Å²) >= 11 is 0. The fourth-order valence-corrected chi connectivity index (χ4v) is 4.28. The lowest BCUT2D eigenvalue weighted by molar-refractivity contribution is -0.157. The Kier molecular flexibility index (Phi) is 5.87. The summed E-state index contributed by atoms with van der Waals surface area (Å²) in [5.74, 6) is -1.83. The van der Waals surface area contributed by atoms with Crippen molar-refractivity contribution in [3.8, 4) is 0 Å². The van der Waals surface area contributed by atoms with Gasteiger partial charge in [-0.2, -0.15) is 0 Å². The van der Waals surface area contributed by atoms with Gasteiger partial charge in [0.2, 0.25) is 0 Å². The number of hydrogen-bond donors (Lipinski definition) is 0. The van der Waals surface area contributed by atoms with Gasteiger partial charge < -0.3 is 9.47 Å². The zero-order chi connectivity index (χ0) is 22.0. The first kappa shape index (κ1) is 21.2.